The van der Waals surface area contributed by atoms with Gasteiger partial charge in [-0.05, 0) is 48.4 Å². The Morgan fingerprint density at radius 1 is 0.879 bits per heavy atom. The maximum Gasteiger partial charge on any atom is 0.255 e. The van der Waals surface area contributed by atoms with Crippen molar-refractivity contribution in [3.8, 4) is 0 Å². The number of hydrogen-bond donors (Lipinski definition) is 2. The molecule has 164 valence electrons. The third-order valence-electron chi connectivity index (χ3n) is 5.97. The lowest BCUT2D eigenvalue weighted by Crippen LogP contribution is -2.52. The molecule has 0 saturated carbocycles. The number of nitrogens with zero attached hydrogens (tertiary/aromatic N) is 1. The number of benzene rings is 3. The molecular weight excluding hydrogens is 418 g/mol. The molecule has 2 heterocycles. The molecule has 2 N–H and O–H groups in total. The molecule has 0 bridgehead atoms. The predicted molar refractivity (Wildman–Crippen MR) is 122 cm³/mol. The van der Waals surface area contributed by atoms with Gasteiger partial charge in [-0.1, -0.05) is 36.4 Å². The molecule has 3 amide bonds. The number of carbonyl (C=O) groups is 4. The van der Waals surface area contributed by atoms with Crippen LogP contribution in [0.5, 0.6) is 0 Å². The summed E-state index contributed by atoms with van der Waals surface area (Å²) in [5.41, 5.74) is 3.91. The van der Waals surface area contributed by atoms with Gasteiger partial charge >= 0.3 is 0 Å². The van der Waals surface area contributed by atoms with Crippen LogP contribution in [0.25, 0.3) is 0 Å². The fraction of sp³-hybridized carbons (Fsp3) is 0.154. The SMILES string of the molecule is O=C1CCC(N2Cc3cc(C(=O)c4cccc(Nc5ccccc5)c4)ccc3C2=O)C(=O)N1. The van der Waals surface area contributed by atoms with Crippen molar-refractivity contribution >= 4 is 34.9 Å². The zero-order chi connectivity index (χ0) is 22.9. The zero-order valence-corrected chi connectivity index (χ0v) is 17.7. The van der Waals surface area contributed by atoms with Crippen molar-refractivity contribution in [1.29, 1.82) is 0 Å². The van der Waals surface area contributed by atoms with Gasteiger partial charge in [0.05, 0.1) is 0 Å². The molecule has 0 spiro atoms. The average molecular weight is 439 g/mol. The van der Waals surface area contributed by atoms with Crippen molar-refractivity contribution in [3.05, 3.63) is 95.1 Å². The van der Waals surface area contributed by atoms with Crippen LogP contribution in [0.1, 0.15) is 44.7 Å². The zero-order valence-electron chi connectivity index (χ0n) is 17.7. The predicted octanol–water partition coefficient (Wildman–Crippen LogP) is 3.42. The monoisotopic (exact) mass is 439 g/mol. The molecule has 7 heteroatoms. The first kappa shape index (κ1) is 20.6. The number of amides is 3. The summed E-state index contributed by atoms with van der Waals surface area (Å²) >= 11 is 0. The maximum atomic E-state index is 13.2. The maximum absolute atomic E-state index is 13.2. The van der Waals surface area contributed by atoms with Crippen LogP contribution in [0.15, 0.2) is 72.8 Å². The summed E-state index contributed by atoms with van der Waals surface area (Å²) in [5.74, 6) is -1.18. The normalized spacial score (nSPS) is 17.5. The minimum Gasteiger partial charge on any atom is -0.356 e. The summed E-state index contributed by atoms with van der Waals surface area (Å²) in [6.45, 7) is 0.233. The molecule has 5 rings (SSSR count). The number of ketones is 1. The van der Waals surface area contributed by atoms with Gasteiger partial charge in [0.1, 0.15) is 6.04 Å². The van der Waals surface area contributed by atoms with E-state index in [1.165, 1.54) is 4.90 Å². The number of hydrogen-bond acceptors (Lipinski definition) is 5. The quantitative estimate of drug-likeness (QED) is 0.469. The van der Waals surface area contributed by atoms with E-state index < -0.39 is 11.9 Å². The average Bonchev–Trinajstić information content (AvgIpc) is 3.15. The number of fused-ring (bicyclic) bond motifs is 1. The molecule has 1 atom stereocenters. The number of rotatable bonds is 5. The van der Waals surface area contributed by atoms with Crippen LogP contribution in [-0.4, -0.2) is 34.4 Å². The van der Waals surface area contributed by atoms with Crippen LogP contribution in [0.2, 0.25) is 0 Å². The van der Waals surface area contributed by atoms with Gasteiger partial charge in [-0.25, -0.2) is 0 Å². The Morgan fingerprint density at radius 2 is 1.64 bits per heavy atom. The van der Waals surface area contributed by atoms with E-state index in [2.05, 4.69) is 10.6 Å². The number of nitrogens with one attached hydrogen (secondary N) is 2. The van der Waals surface area contributed by atoms with Crippen molar-refractivity contribution in [1.82, 2.24) is 10.2 Å². The summed E-state index contributed by atoms with van der Waals surface area (Å²) in [7, 11) is 0. The fourth-order valence-electron chi connectivity index (χ4n) is 4.31. The van der Waals surface area contributed by atoms with Gasteiger partial charge in [0.2, 0.25) is 11.8 Å². The van der Waals surface area contributed by atoms with Crippen molar-refractivity contribution in [2.75, 3.05) is 5.32 Å². The molecule has 1 fully saturated rings. The topological polar surface area (TPSA) is 95.6 Å². The van der Waals surface area contributed by atoms with Gasteiger partial charge < -0.3 is 10.2 Å². The van der Waals surface area contributed by atoms with Crippen LogP contribution >= 0.6 is 0 Å². The molecule has 0 aromatic heterocycles. The first-order chi connectivity index (χ1) is 16.0. The smallest absolute Gasteiger partial charge is 0.255 e. The molecule has 2 aliphatic rings. The van der Waals surface area contributed by atoms with Crippen LogP contribution in [-0.2, 0) is 16.1 Å². The van der Waals surface area contributed by atoms with Crippen LogP contribution in [0, 0.1) is 0 Å². The lowest BCUT2D eigenvalue weighted by Gasteiger charge is -2.29. The first-order valence-electron chi connectivity index (χ1n) is 10.7. The standard InChI is InChI=1S/C26H21N3O4/c30-23-12-11-22(25(32)28-23)29-15-18-13-17(9-10-21(18)26(29)33)24(31)16-5-4-8-20(14-16)27-19-6-2-1-3-7-19/h1-10,13-14,22,27H,11-12,15H2,(H,28,30,32). The summed E-state index contributed by atoms with van der Waals surface area (Å²) in [6, 6.07) is 21.3. The van der Waals surface area contributed by atoms with Gasteiger partial charge in [0.15, 0.2) is 5.78 Å². The molecular formula is C26H21N3O4. The Morgan fingerprint density at radius 3 is 2.42 bits per heavy atom. The van der Waals surface area contributed by atoms with Gasteiger partial charge in [-0.3, -0.25) is 24.5 Å². The summed E-state index contributed by atoms with van der Waals surface area (Å²) in [6.07, 6.45) is 0.505. The van der Waals surface area contributed by atoms with E-state index in [4.69, 9.17) is 0 Å². The molecule has 2 aliphatic heterocycles. The molecule has 7 nitrogen and oxygen atoms in total. The molecule has 1 saturated heterocycles. The Balaban J connectivity index is 1.36. The van der Waals surface area contributed by atoms with Crippen molar-refractivity contribution in [2.45, 2.75) is 25.4 Å². The molecule has 0 aliphatic carbocycles. The minimum absolute atomic E-state index is 0.151. The third kappa shape index (κ3) is 4.01. The van der Waals surface area contributed by atoms with E-state index >= 15 is 0 Å². The molecule has 1 unspecified atom stereocenters. The van der Waals surface area contributed by atoms with E-state index in [9.17, 15) is 19.2 Å². The number of anilines is 2. The lowest BCUT2D eigenvalue weighted by molar-refractivity contribution is -0.136. The van der Waals surface area contributed by atoms with E-state index in [1.807, 2.05) is 42.5 Å². The van der Waals surface area contributed by atoms with Crippen LogP contribution < -0.4 is 10.6 Å². The van der Waals surface area contributed by atoms with Crippen molar-refractivity contribution < 1.29 is 19.2 Å². The molecule has 0 radical (unpaired) electrons. The Bertz CT molecular complexity index is 1290. The summed E-state index contributed by atoms with van der Waals surface area (Å²) in [4.78, 5) is 51.2. The highest BCUT2D eigenvalue weighted by Crippen LogP contribution is 2.29. The Hall–Kier alpha value is -4.26. The van der Waals surface area contributed by atoms with Crippen molar-refractivity contribution in [2.24, 2.45) is 0 Å². The number of imide groups is 1. The second-order valence-corrected chi connectivity index (χ2v) is 8.17. The largest absolute Gasteiger partial charge is 0.356 e. The van der Waals surface area contributed by atoms with E-state index in [0.717, 1.165) is 11.4 Å². The fourth-order valence-corrected chi connectivity index (χ4v) is 4.31. The Labute approximate surface area is 190 Å². The number of carbonyl (C=O) groups excluding carboxylic acids is 4. The highest BCUT2D eigenvalue weighted by atomic mass is 16.2. The molecule has 3 aromatic carbocycles. The Kier molecular flexibility index (Phi) is 5.22. The minimum atomic E-state index is -0.678. The lowest BCUT2D eigenvalue weighted by atomic mass is 9.99. The third-order valence-corrected chi connectivity index (χ3v) is 5.97. The van der Waals surface area contributed by atoms with Crippen LogP contribution in [0.4, 0.5) is 11.4 Å². The van der Waals surface area contributed by atoms with Gasteiger partial charge in [-0.15, -0.1) is 0 Å². The highest BCUT2D eigenvalue weighted by Gasteiger charge is 2.39. The van der Waals surface area contributed by atoms with E-state index in [1.54, 1.807) is 30.3 Å². The van der Waals surface area contributed by atoms with Gasteiger partial charge in [-0.2, -0.15) is 0 Å². The molecule has 3 aromatic rings. The van der Waals surface area contributed by atoms with E-state index in [-0.39, 0.29) is 30.6 Å². The van der Waals surface area contributed by atoms with Gasteiger partial charge in [0, 0.05) is 41.0 Å². The number of para-hydroxylation sites is 1. The van der Waals surface area contributed by atoms with Gasteiger partial charge in [0.25, 0.3) is 5.91 Å². The second kappa shape index (κ2) is 8.35. The summed E-state index contributed by atoms with van der Waals surface area (Å²) < 4.78 is 0. The highest BCUT2D eigenvalue weighted by molar-refractivity contribution is 6.11. The van der Waals surface area contributed by atoms with Crippen LogP contribution in [0.3, 0.4) is 0 Å². The summed E-state index contributed by atoms with van der Waals surface area (Å²) in [5, 5.41) is 5.58. The first-order valence-corrected chi connectivity index (χ1v) is 10.7. The number of piperidine rings is 1. The second-order valence-electron chi connectivity index (χ2n) is 8.17. The van der Waals surface area contributed by atoms with E-state index in [0.29, 0.717) is 28.7 Å². The molecule has 33 heavy (non-hydrogen) atoms. The van der Waals surface area contributed by atoms with Crippen molar-refractivity contribution in [3.63, 3.8) is 0 Å².